The highest BCUT2D eigenvalue weighted by Gasteiger charge is 2.37. The van der Waals surface area contributed by atoms with E-state index in [4.69, 9.17) is 11.6 Å². The highest BCUT2D eigenvalue weighted by atomic mass is 35.5. The summed E-state index contributed by atoms with van der Waals surface area (Å²) in [4.78, 5) is 13.2. The topological polar surface area (TPSA) is 41.9 Å². The minimum absolute atomic E-state index is 0.0890. The fraction of sp³-hybridized carbons (Fsp3) is 0.0909. The first-order valence-corrected chi connectivity index (χ1v) is 10.3. The molecule has 4 rings (SSSR count). The van der Waals surface area contributed by atoms with Crippen LogP contribution in [-0.2, 0) is 0 Å². The van der Waals surface area contributed by atoms with Crippen molar-refractivity contribution >= 4 is 34.3 Å². The normalized spacial score (nSPS) is 15.8. The van der Waals surface area contributed by atoms with Crippen LogP contribution in [0.1, 0.15) is 26.9 Å². The molecule has 1 atom stereocenters. The minimum Gasteiger partial charge on any atom is -0.434 e. The summed E-state index contributed by atoms with van der Waals surface area (Å²) in [6.07, 6.45) is 0. The molecule has 0 spiro atoms. The van der Waals surface area contributed by atoms with E-state index in [1.165, 1.54) is 42.1 Å². The molecule has 0 fully saturated rings. The molecule has 3 aromatic rings. The largest absolute Gasteiger partial charge is 0.434 e. The lowest BCUT2D eigenvalue weighted by Crippen LogP contribution is -2.27. The minimum atomic E-state index is -3.04. The Bertz CT molecular complexity index is 1140. The first-order chi connectivity index (χ1) is 14.9. The van der Waals surface area contributed by atoms with Gasteiger partial charge in [-0.05, 0) is 30.3 Å². The van der Waals surface area contributed by atoms with Gasteiger partial charge in [0, 0.05) is 16.1 Å². The molecular weight excluding hydrogens is 449 g/mol. The van der Waals surface area contributed by atoms with Gasteiger partial charge in [0.2, 0.25) is 0 Å². The molecule has 1 heterocycles. The molecule has 31 heavy (non-hydrogen) atoms. The number of halogens is 4. The van der Waals surface area contributed by atoms with Gasteiger partial charge in [-0.15, -0.1) is 0 Å². The Balaban J connectivity index is 1.78. The molecule has 0 aliphatic carbocycles. The van der Waals surface area contributed by atoms with E-state index >= 15 is 0 Å². The highest BCUT2D eigenvalue weighted by molar-refractivity contribution is 8.14. The number of hydrogen-bond acceptors (Lipinski definition) is 4. The Kier molecular flexibility index (Phi) is 6.20. The van der Waals surface area contributed by atoms with Gasteiger partial charge in [0.25, 0.3) is 5.91 Å². The van der Waals surface area contributed by atoms with Crippen molar-refractivity contribution in [3.63, 3.8) is 0 Å². The van der Waals surface area contributed by atoms with Crippen molar-refractivity contribution in [2.24, 2.45) is 5.10 Å². The van der Waals surface area contributed by atoms with E-state index in [1.54, 1.807) is 42.5 Å². The number of hydrazone groups is 1. The molecule has 0 radical (unpaired) electrons. The molecular formula is C22H14ClF3N2O2S. The number of benzene rings is 3. The van der Waals surface area contributed by atoms with Crippen LogP contribution < -0.4 is 4.74 Å². The van der Waals surface area contributed by atoms with E-state index in [0.717, 1.165) is 5.01 Å². The molecule has 1 unspecified atom stereocenters. The van der Waals surface area contributed by atoms with Crippen LogP contribution in [0.5, 0.6) is 5.75 Å². The SMILES string of the molecule is O=C(c1ccccc1F)N1N=C(c2ccc(Cl)cc2)SC1c1ccccc1OC(F)F. The second-order valence-electron chi connectivity index (χ2n) is 6.43. The summed E-state index contributed by atoms with van der Waals surface area (Å²) in [5, 5.41) is 5.62. The Morgan fingerprint density at radius 2 is 1.71 bits per heavy atom. The third-order valence-corrected chi connectivity index (χ3v) is 5.92. The van der Waals surface area contributed by atoms with Crippen LogP contribution in [0, 0.1) is 5.82 Å². The van der Waals surface area contributed by atoms with Crippen molar-refractivity contribution in [3.8, 4) is 5.75 Å². The van der Waals surface area contributed by atoms with Gasteiger partial charge < -0.3 is 4.74 Å². The monoisotopic (exact) mass is 462 g/mol. The number of nitrogens with zero attached hydrogens (tertiary/aromatic N) is 2. The number of carbonyl (C=O) groups is 1. The molecule has 1 aliphatic rings. The van der Waals surface area contributed by atoms with Gasteiger partial charge in [-0.2, -0.15) is 13.9 Å². The molecule has 0 saturated carbocycles. The molecule has 0 bridgehead atoms. The summed E-state index contributed by atoms with van der Waals surface area (Å²) >= 11 is 7.11. The summed E-state index contributed by atoms with van der Waals surface area (Å²) in [7, 11) is 0. The molecule has 0 saturated heterocycles. The lowest BCUT2D eigenvalue weighted by Gasteiger charge is -2.23. The Labute approximate surface area is 185 Å². The van der Waals surface area contributed by atoms with Gasteiger partial charge in [0.1, 0.15) is 22.0 Å². The molecule has 1 amide bonds. The average molecular weight is 463 g/mol. The number of para-hydroxylation sites is 1. The third kappa shape index (κ3) is 4.55. The molecule has 4 nitrogen and oxygen atoms in total. The van der Waals surface area contributed by atoms with Crippen molar-refractivity contribution in [2.75, 3.05) is 0 Å². The number of alkyl halides is 2. The highest BCUT2D eigenvalue weighted by Crippen LogP contribution is 2.45. The number of ether oxygens (including phenoxy) is 1. The number of amides is 1. The zero-order valence-electron chi connectivity index (χ0n) is 15.7. The molecule has 0 aromatic heterocycles. The predicted molar refractivity (Wildman–Crippen MR) is 114 cm³/mol. The summed E-state index contributed by atoms with van der Waals surface area (Å²) in [6, 6.07) is 18.4. The van der Waals surface area contributed by atoms with E-state index in [9.17, 15) is 18.0 Å². The number of thioether (sulfide) groups is 1. The predicted octanol–water partition coefficient (Wildman–Crippen LogP) is 6.33. The summed E-state index contributed by atoms with van der Waals surface area (Å²) in [6.45, 7) is -3.04. The van der Waals surface area contributed by atoms with Crippen LogP contribution in [0.25, 0.3) is 0 Å². The first kappa shape index (κ1) is 21.3. The lowest BCUT2D eigenvalue weighted by atomic mass is 10.1. The Morgan fingerprint density at radius 1 is 1.03 bits per heavy atom. The summed E-state index contributed by atoms with van der Waals surface area (Å²) < 4.78 is 44.8. The fourth-order valence-electron chi connectivity index (χ4n) is 3.04. The van der Waals surface area contributed by atoms with Crippen molar-refractivity contribution in [1.29, 1.82) is 0 Å². The molecule has 158 valence electrons. The van der Waals surface area contributed by atoms with Gasteiger partial charge in [0.05, 0.1) is 5.56 Å². The summed E-state index contributed by atoms with van der Waals surface area (Å²) in [5.41, 5.74) is 0.808. The van der Waals surface area contributed by atoms with Gasteiger partial charge in [-0.3, -0.25) is 4.79 Å². The van der Waals surface area contributed by atoms with E-state index in [-0.39, 0.29) is 11.3 Å². The van der Waals surface area contributed by atoms with Crippen LogP contribution in [0.4, 0.5) is 13.2 Å². The molecule has 0 N–H and O–H groups in total. The first-order valence-electron chi connectivity index (χ1n) is 9.07. The van der Waals surface area contributed by atoms with Gasteiger partial charge in [-0.1, -0.05) is 65.8 Å². The van der Waals surface area contributed by atoms with Crippen molar-refractivity contribution < 1.29 is 22.7 Å². The zero-order chi connectivity index (χ0) is 22.0. The number of rotatable bonds is 5. The maximum Gasteiger partial charge on any atom is 0.387 e. The van der Waals surface area contributed by atoms with Crippen LogP contribution in [0.2, 0.25) is 5.02 Å². The van der Waals surface area contributed by atoms with Crippen LogP contribution in [0.3, 0.4) is 0 Å². The quantitative estimate of drug-likeness (QED) is 0.445. The molecule has 3 aromatic carbocycles. The molecule has 9 heteroatoms. The Morgan fingerprint density at radius 3 is 2.42 bits per heavy atom. The second kappa shape index (κ2) is 9.03. The Hall–Kier alpha value is -2.97. The van der Waals surface area contributed by atoms with Gasteiger partial charge in [0.15, 0.2) is 0 Å². The van der Waals surface area contributed by atoms with E-state index < -0.39 is 23.7 Å². The number of carbonyl (C=O) groups excluding carboxylic acids is 1. The van der Waals surface area contributed by atoms with E-state index in [0.29, 0.717) is 21.2 Å². The zero-order valence-corrected chi connectivity index (χ0v) is 17.3. The molecule has 1 aliphatic heterocycles. The number of hydrogen-bond donors (Lipinski definition) is 0. The van der Waals surface area contributed by atoms with Crippen LogP contribution in [-0.4, -0.2) is 22.6 Å². The van der Waals surface area contributed by atoms with Crippen molar-refractivity contribution in [1.82, 2.24) is 5.01 Å². The van der Waals surface area contributed by atoms with Crippen molar-refractivity contribution in [2.45, 2.75) is 12.0 Å². The third-order valence-electron chi connectivity index (χ3n) is 4.45. The summed E-state index contributed by atoms with van der Waals surface area (Å²) in [5.74, 6) is -1.50. The lowest BCUT2D eigenvalue weighted by molar-refractivity contribution is -0.0507. The van der Waals surface area contributed by atoms with Gasteiger partial charge in [-0.25, -0.2) is 9.40 Å². The smallest absolute Gasteiger partial charge is 0.387 e. The van der Waals surface area contributed by atoms with E-state index in [2.05, 4.69) is 9.84 Å². The maximum absolute atomic E-state index is 14.3. The average Bonchev–Trinajstić information content (AvgIpc) is 3.19. The van der Waals surface area contributed by atoms with Crippen LogP contribution in [0.15, 0.2) is 77.9 Å². The fourth-order valence-corrected chi connectivity index (χ4v) is 4.35. The second-order valence-corrected chi connectivity index (χ2v) is 7.93. The standard InChI is InChI=1S/C22H14ClF3N2O2S/c23-14-11-9-13(10-12-14)19-27-28(20(29)15-5-1-3-7-17(15)24)21(31-19)16-6-2-4-8-18(16)30-22(25)26/h1-12,21-22H. The van der Waals surface area contributed by atoms with Crippen LogP contribution >= 0.6 is 23.4 Å². The van der Waals surface area contributed by atoms with Crippen molar-refractivity contribution in [3.05, 3.63) is 100 Å². The van der Waals surface area contributed by atoms with Gasteiger partial charge >= 0.3 is 6.61 Å². The maximum atomic E-state index is 14.3. The van der Waals surface area contributed by atoms with E-state index in [1.807, 2.05) is 0 Å².